The monoisotopic (exact) mass is 211 g/mol. The van der Waals surface area contributed by atoms with E-state index < -0.39 is 0 Å². The summed E-state index contributed by atoms with van der Waals surface area (Å²) < 4.78 is 0. The third-order valence-corrected chi connectivity index (χ3v) is 2.91. The fraction of sp³-hybridized carbons (Fsp3) is 0.455. The molecule has 76 valence electrons. The Balaban J connectivity index is 2.16. The highest BCUT2D eigenvalue weighted by atomic mass is 35.5. The Morgan fingerprint density at radius 1 is 1.29 bits per heavy atom. The molecule has 0 radical (unpaired) electrons. The number of aliphatic hydroxyl groups excluding tert-OH is 1. The molecule has 1 saturated heterocycles. The average Bonchev–Trinajstić information content (AvgIpc) is 2.20. The van der Waals surface area contributed by atoms with Gasteiger partial charge in [-0.3, -0.25) is 0 Å². The van der Waals surface area contributed by atoms with Gasteiger partial charge < -0.3 is 10.4 Å². The second-order valence-corrected chi connectivity index (χ2v) is 4.13. The van der Waals surface area contributed by atoms with Crippen LogP contribution in [0.15, 0.2) is 24.3 Å². The Bertz CT molecular complexity index is 299. The first kappa shape index (κ1) is 9.97. The summed E-state index contributed by atoms with van der Waals surface area (Å²) in [5.74, 6) is 0. The molecule has 0 unspecified atom stereocenters. The van der Waals surface area contributed by atoms with E-state index in [1.807, 2.05) is 24.3 Å². The SMILES string of the molecule is O[C@@H]1CCCN[C@@H]1c1ccc(Cl)cc1. The molecule has 0 amide bonds. The number of nitrogens with one attached hydrogen (secondary N) is 1. The van der Waals surface area contributed by atoms with Gasteiger partial charge >= 0.3 is 0 Å². The highest BCUT2D eigenvalue weighted by Crippen LogP contribution is 2.24. The minimum Gasteiger partial charge on any atom is -0.391 e. The molecule has 2 atom stereocenters. The van der Waals surface area contributed by atoms with Crippen LogP contribution in [0.2, 0.25) is 5.02 Å². The van der Waals surface area contributed by atoms with Gasteiger partial charge in [-0.15, -0.1) is 0 Å². The molecule has 2 nitrogen and oxygen atoms in total. The molecular formula is C11H14ClNO. The van der Waals surface area contributed by atoms with Crippen LogP contribution in [0.25, 0.3) is 0 Å². The van der Waals surface area contributed by atoms with Gasteiger partial charge in [-0.05, 0) is 37.1 Å². The molecule has 2 N–H and O–H groups in total. The van der Waals surface area contributed by atoms with E-state index in [0.29, 0.717) is 0 Å². The van der Waals surface area contributed by atoms with Crippen molar-refractivity contribution in [2.45, 2.75) is 25.0 Å². The molecule has 1 aromatic carbocycles. The van der Waals surface area contributed by atoms with Crippen molar-refractivity contribution in [2.24, 2.45) is 0 Å². The topological polar surface area (TPSA) is 32.3 Å². The second-order valence-electron chi connectivity index (χ2n) is 3.69. The van der Waals surface area contributed by atoms with Crippen molar-refractivity contribution < 1.29 is 5.11 Å². The lowest BCUT2D eigenvalue weighted by Gasteiger charge is -2.29. The maximum atomic E-state index is 9.80. The van der Waals surface area contributed by atoms with Crippen molar-refractivity contribution in [2.75, 3.05) is 6.54 Å². The third kappa shape index (κ3) is 2.08. The van der Waals surface area contributed by atoms with Crippen LogP contribution < -0.4 is 5.32 Å². The van der Waals surface area contributed by atoms with Crippen LogP contribution in [0.5, 0.6) is 0 Å². The van der Waals surface area contributed by atoms with Crippen LogP contribution in [0.1, 0.15) is 24.4 Å². The van der Waals surface area contributed by atoms with Crippen molar-refractivity contribution >= 4 is 11.6 Å². The van der Waals surface area contributed by atoms with Gasteiger partial charge in [0.1, 0.15) is 0 Å². The van der Waals surface area contributed by atoms with Crippen LogP contribution in [-0.2, 0) is 0 Å². The number of halogens is 1. The minimum atomic E-state index is -0.273. The maximum Gasteiger partial charge on any atom is 0.0735 e. The molecular weight excluding hydrogens is 198 g/mol. The van der Waals surface area contributed by atoms with Crippen LogP contribution in [-0.4, -0.2) is 17.8 Å². The lowest BCUT2D eigenvalue weighted by Crippen LogP contribution is -2.37. The summed E-state index contributed by atoms with van der Waals surface area (Å²) in [7, 11) is 0. The highest BCUT2D eigenvalue weighted by Gasteiger charge is 2.23. The lowest BCUT2D eigenvalue weighted by molar-refractivity contribution is 0.0965. The zero-order valence-corrected chi connectivity index (χ0v) is 8.67. The summed E-state index contributed by atoms with van der Waals surface area (Å²) in [6, 6.07) is 7.73. The Hall–Kier alpha value is -0.570. The smallest absolute Gasteiger partial charge is 0.0735 e. The normalized spacial score (nSPS) is 27.6. The first-order valence-electron chi connectivity index (χ1n) is 4.94. The molecule has 0 aromatic heterocycles. The number of aliphatic hydroxyl groups is 1. The third-order valence-electron chi connectivity index (χ3n) is 2.65. The first-order chi connectivity index (χ1) is 6.77. The number of benzene rings is 1. The summed E-state index contributed by atoms with van der Waals surface area (Å²) in [5, 5.41) is 13.8. The van der Waals surface area contributed by atoms with Gasteiger partial charge in [0.15, 0.2) is 0 Å². The highest BCUT2D eigenvalue weighted by molar-refractivity contribution is 6.30. The maximum absolute atomic E-state index is 9.80. The zero-order chi connectivity index (χ0) is 9.97. The van der Waals surface area contributed by atoms with Crippen molar-refractivity contribution in [3.8, 4) is 0 Å². The Morgan fingerprint density at radius 2 is 2.00 bits per heavy atom. The van der Waals surface area contributed by atoms with Crippen LogP contribution in [0, 0.1) is 0 Å². The van der Waals surface area contributed by atoms with Gasteiger partial charge in [0, 0.05) is 5.02 Å². The molecule has 0 saturated carbocycles. The van der Waals surface area contributed by atoms with E-state index in [9.17, 15) is 5.11 Å². The Kier molecular flexibility index (Phi) is 3.06. The lowest BCUT2D eigenvalue weighted by atomic mass is 9.95. The van der Waals surface area contributed by atoms with E-state index in [4.69, 9.17) is 11.6 Å². The van der Waals surface area contributed by atoms with Crippen LogP contribution in [0.3, 0.4) is 0 Å². The fourth-order valence-electron chi connectivity index (χ4n) is 1.88. The molecule has 0 aliphatic carbocycles. The molecule has 2 rings (SSSR count). The van der Waals surface area contributed by atoms with Gasteiger partial charge in [-0.2, -0.15) is 0 Å². The van der Waals surface area contributed by atoms with Crippen molar-refractivity contribution in [3.05, 3.63) is 34.9 Å². The molecule has 1 aliphatic rings. The quantitative estimate of drug-likeness (QED) is 0.746. The number of hydrogen-bond donors (Lipinski definition) is 2. The summed E-state index contributed by atoms with van der Waals surface area (Å²) in [5.41, 5.74) is 1.11. The number of rotatable bonds is 1. The average molecular weight is 212 g/mol. The number of piperidine rings is 1. The molecule has 1 aliphatic heterocycles. The Labute approximate surface area is 88.9 Å². The fourth-order valence-corrected chi connectivity index (χ4v) is 2.01. The van der Waals surface area contributed by atoms with Crippen molar-refractivity contribution in [3.63, 3.8) is 0 Å². The van der Waals surface area contributed by atoms with E-state index in [0.717, 1.165) is 30.0 Å². The summed E-state index contributed by atoms with van der Waals surface area (Å²) >= 11 is 5.80. The molecule has 1 heterocycles. The Morgan fingerprint density at radius 3 is 2.64 bits per heavy atom. The van der Waals surface area contributed by atoms with E-state index in [1.165, 1.54) is 0 Å². The van der Waals surface area contributed by atoms with Gasteiger partial charge in [0.2, 0.25) is 0 Å². The molecule has 0 spiro atoms. The first-order valence-corrected chi connectivity index (χ1v) is 5.32. The summed E-state index contributed by atoms with van der Waals surface area (Å²) in [6.45, 7) is 0.977. The van der Waals surface area contributed by atoms with E-state index in [1.54, 1.807) is 0 Å². The van der Waals surface area contributed by atoms with Crippen molar-refractivity contribution in [1.82, 2.24) is 5.32 Å². The summed E-state index contributed by atoms with van der Waals surface area (Å²) in [6.07, 6.45) is 1.65. The van der Waals surface area contributed by atoms with E-state index >= 15 is 0 Å². The van der Waals surface area contributed by atoms with Gasteiger partial charge in [-0.25, -0.2) is 0 Å². The largest absolute Gasteiger partial charge is 0.391 e. The predicted molar refractivity (Wildman–Crippen MR) is 57.4 cm³/mol. The van der Waals surface area contributed by atoms with E-state index in [2.05, 4.69) is 5.32 Å². The van der Waals surface area contributed by atoms with Gasteiger partial charge in [0.05, 0.1) is 12.1 Å². The zero-order valence-electron chi connectivity index (χ0n) is 7.91. The molecule has 0 bridgehead atoms. The van der Waals surface area contributed by atoms with Gasteiger partial charge in [-0.1, -0.05) is 23.7 Å². The molecule has 1 aromatic rings. The second kappa shape index (κ2) is 4.30. The molecule has 3 heteroatoms. The summed E-state index contributed by atoms with van der Waals surface area (Å²) in [4.78, 5) is 0. The number of hydrogen-bond acceptors (Lipinski definition) is 2. The predicted octanol–water partition coefficient (Wildman–Crippen LogP) is 2.13. The van der Waals surface area contributed by atoms with Crippen LogP contribution in [0.4, 0.5) is 0 Å². The molecule has 1 fully saturated rings. The standard InChI is InChI=1S/C11H14ClNO/c12-9-5-3-8(4-6-9)11-10(14)2-1-7-13-11/h3-6,10-11,13-14H,1-2,7H2/t10-,11-/m1/s1. The van der Waals surface area contributed by atoms with Crippen LogP contribution >= 0.6 is 11.6 Å². The van der Waals surface area contributed by atoms with E-state index in [-0.39, 0.29) is 12.1 Å². The van der Waals surface area contributed by atoms with Gasteiger partial charge in [0.25, 0.3) is 0 Å². The molecule has 14 heavy (non-hydrogen) atoms. The van der Waals surface area contributed by atoms with Crippen molar-refractivity contribution in [1.29, 1.82) is 0 Å². The minimum absolute atomic E-state index is 0.0704.